The third-order valence-corrected chi connectivity index (χ3v) is 4.55. The first-order valence-electron chi connectivity index (χ1n) is 6.56. The molecule has 0 spiro atoms. The second-order valence-corrected chi connectivity index (χ2v) is 6.81. The average molecular weight is 356 g/mol. The van der Waals surface area contributed by atoms with E-state index in [1.165, 1.54) is 11.8 Å². The summed E-state index contributed by atoms with van der Waals surface area (Å²) in [7, 11) is 1.61. The largest absolute Gasteiger partial charge is 0.497 e. The van der Waals surface area contributed by atoms with Gasteiger partial charge in [-0.15, -0.1) is 11.8 Å². The van der Waals surface area contributed by atoms with Crippen molar-refractivity contribution in [3.05, 3.63) is 52.5 Å². The summed E-state index contributed by atoms with van der Waals surface area (Å²) in [5, 5.41) is 3.47. The maximum Gasteiger partial charge on any atom is 0.237 e. The number of amides is 1. The molecule has 0 bridgehead atoms. The topological polar surface area (TPSA) is 38.3 Å². The first-order chi connectivity index (χ1) is 10.5. The summed E-state index contributed by atoms with van der Waals surface area (Å²) in [4.78, 5) is 13.2. The van der Waals surface area contributed by atoms with Gasteiger partial charge in [-0.25, -0.2) is 0 Å². The highest BCUT2D eigenvalue weighted by atomic mass is 35.5. The Bertz CT molecular complexity index is 679. The second kappa shape index (κ2) is 7.77. The Morgan fingerprint density at radius 1 is 1.23 bits per heavy atom. The van der Waals surface area contributed by atoms with E-state index >= 15 is 0 Å². The molecule has 6 heteroatoms. The van der Waals surface area contributed by atoms with Crippen molar-refractivity contribution in [1.82, 2.24) is 0 Å². The number of rotatable bonds is 5. The zero-order chi connectivity index (χ0) is 16.1. The third kappa shape index (κ3) is 4.57. The summed E-state index contributed by atoms with van der Waals surface area (Å²) >= 11 is 13.3. The number of carbonyl (C=O) groups excluding carboxylic acids is 1. The summed E-state index contributed by atoms with van der Waals surface area (Å²) in [6, 6.07) is 12.5. The molecule has 1 N–H and O–H groups in total. The molecule has 0 aromatic heterocycles. The van der Waals surface area contributed by atoms with Crippen molar-refractivity contribution in [2.75, 3.05) is 12.4 Å². The molecule has 2 aromatic carbocycles. The third-order valence-electron chi connectivity index (χ3n) is 2.91. The van der Waals surface area contributed by atoms with Crippen LogP contribution < -0.4 is 10.1 Å². The molecule has 116 valence electrons. The van der Waals surface area contributed by atoms with E-state index < -0.39 is 0 Å². The molecular formula is C16H15Cl2NO2S. The molecule has 2 rings (SSSR count). The fraction of sp³-hybridized carbons (Fsp3) is 0.188. The van der Waals surface area contributed by atoms with Crippen LogP contribution in [-0.4, -0.2) is 18.3 Å². The molecule has 0 aliphatic carbocycles. The van der Waals surface area contributed by atoms with Crippen LogP contribution in [0.2, 0.25) is 10.0 Å². The van der Waals surface area contributed by atoms with Crippen LogP contribution in [0.1, 0.15) is 6.92 Å². The van der Waals surface area contributed by atoms with Gasteiger partial charge in [0.2, 0.25) is 5.91 Å². The van der Waals surface area contributed by atoms with Gasteiger partial charge >= 0.3 is 0 Å². The molecule has 0 aliphatic rings. The van der Waals surface area contributed by atoms with Gasteiger partial charge in [-0.1, -0.05) is 29.3 Å². The van der Waals surface area contributed by atoms with E-state index in [-0.39, 0.29) is 11.2 Å². The van der Waals surface area contributed by atoms with Crippen molar-refractivity contribution in [3.63, 3.8) is 0 Å². The van der Waals surface area contributed by atoms with Crippen LogP contribution in [0.25, 0.3) is 0 Å². The van der Waals surface area contributed by atoms with Crippen molar-refractivity contribution in [2.24, 2.45) is 0 Å². The predicted molar refractivity (Wildman–Crippen MR) is 93.4 cm³/mol. The number of thioether (sulfide) groups is 1. The van der Waals surface area contributed by atoms with Gasteiger partial charge in [0.1, 0.15) is 5.75 Å². The van der Waals surface area contributed by atoms with Crippen LogP contribution in [0.5, 0.6) is 5.75 Å². The maximum atomic E-state index is 12.3. The van der Waals surface area contributed by atoms with E-state index in [1.54, 1.807) is 25.3 Å². The Morgan fingerprint density at radius 2 is 2.00 bits per heavy atom. The van der Waals surface area contributed by atoms with Crippen molar-refractivity contribution in [2.45, 2.75) is 17.1 Å². The van der Waals surface area contributed by atoms with Gasteiger partial charge in [0, 0.05) is 9.92 Å². The Morgan fingerprint density at radius 3 is 2.68 bits per heavy atom. The van der Waals surface area contributed by atoms with Gasteiger partial charge in [-0.05, 0) is 43.3 Å². The number of anilines is 1. The normalized spacial score (nSPS) is 11.8. The van der Waals surface area contributed by atoms with E-state index in [9.17, 15) is 4.79 Å². The lowest BCUT2D eigenvalue weighted by molar-refractivity contribution is -0.115. The Labute approximate surface area is 144 Å². The lowest BCUT2D eigenvalue weighted by Gasteiger charge is -2.13. The fourth-order valence-electron chi connectivity index (χ4n) is 1.76. The summed E-state index contributed by atoms with van der Waals surface area (Å²) < 4.78 is 5.18. The minimum Gasteiger partial charge on any atom is -0.497 e. The minimum atomic E-state index is -0.279. The van der Waals surface area contributed by atoms with Gasteiger partial charge in [-0.3, -0.25) is 4.79 Å². The standard InChI is InChI=1S/C16H15Cl2NO2S/c1-10(22-13-5-3-4-12(9-13)21-2)16(20)19-15-7-6-11(17)8-14(15)18/h3-10H,1-2H3,(H,19,20). The van der Waals surface area contributed by atoms with E-state index in [4.69, 9.17) is 27.9 Å². The van der Waals surface area contributed by atoms with Gasteiger partial charge in [0.25, 0.3) is 0 Å². The summed E-state index contributed by atoms with van der Waals surface area (Å²) in [5.74, 6) is 0.635. The van der Waals surface area contributed by atoms with Crippen molar-refractivity contribution in [1.29, 1.82) is 0 Å². The van der Waals surface area contributed by atoms with Gasteiger partial charge in [-0.2, -0.15) is 0 Å². The molecular weight excluding hydrogens is 341 g/mol. The van der Waals surface area contributed by atoms with Crippen LogP contribution in [0.3, 0.4) is 0 Å². The maximum absolute atomic E-state index is 12.3. The van der Waals surface area contributed by atoms with Crippen LogP contribution >= 0.6 is 35.0 Å². The number of hydrogen-bond donors (Lipinski definition) is 1. The number of methoxy groups -OCH3 is 1. The number of ether oxygens (including phenoxy) is 1. The Balaban J connectivity index is 2.02. The van der Waals surface area contributed by atoms with Crippen molar-refractivity contribution >= 4 is 46.6 Å². The number of nitrogens with one attached hydrogen (secondary N) is 1. The molecule has 0 saturated carbocycles. The van der Waals surface area contributed by atoms with Crippen LogP contribution in [-0.2, 0) is 4.79 Å². The quantitative estimate of drug-likeness (QED) is 0.756. The minimum absolute atomic E-state index is 0.128. The van der Waals surface area contributed by atoms with Crippen molar-refractivity contribution in [3.8, 4) is 5.75 Å². The van der Waals surface area contributed by atoms with Gasteiger partial charge in [0.05, 0.1) is 23.1 Å². The lowest BCUT2D eigenvalue weighted by atomic mass is 10.3. The van der Waals surface area contributed by atoms with E-state index in [1.807, 2.05) is 31.2 Å². The van der Waals surface area contributed by atoms with E-state index in [0.29, 0.717) is 15.7 Å². The molecule has 2 aromatic rings. The highest BCUT2D eigenvalue weighted by molar-refractivity contribution is 8.00. The SMILES string of the molecule is COc1cccc(SC(C)C(=O)Nc2ccc(Cl)cc2Cl)c1. The highest BCUT2D eigenvalue weighted by Crippen LogP contribution is 2.29. The highest BCUT2D eigenvalue weighted by Gasteiger charge is 2.16. The number of benzene rings is 2. The zero-order valence-corrected chi connectivity index (χ0v) is 14.4. The molecule has 0 fully saturated rings. The first-order valence-corrected chi connectivity index (χ1v) is 8.20. The second-order valence-electron chi connectivity index (χ2n) is 4.55. The smallest absolute Gasteiger partial charge is 0.237 e. The van der Waals surface area contributed by atoms with E-state index in [2.05, 4.69) is 5.32 Å². The summed E-state index contributed by atoms with van der Waals surface area (Å²) in [6.07, 6.45) is 0. The lowest BCUT2D eigenvalue weighted by Crippen LogP contribution is -2.22. The molecule has 3 nitrogen and oxygen atoms in total. The molecule has 1 unspecified atom stereocenters. The molecule has 0 saturated heterocycles. The molecule has 1 atom stereocenters. The number of carbonyl (C=O) groups is 1. The number of halogens is 2. The zero-order valence-electron chi connectivity index (χ0n) is 12.1. The molecule has 22 heavy (non-hydrogen) atoms. The fourth-order valence-corrected chi connectivity index (χ4v) is 3.13. The summed E-state index contributed by atoms with van der Waals surface area (Å²) in [5.41, 5.74) is 0.550. The summed E-state index contributed by atoms with van der Waals surface area (Å²) in [6.45, 7) is 1.84. The number of hydrogen-bond acceptors (Lipinski definition) is 3. The van der Waals surface area contributed by atoms with Crippen molar-refractivity contribution < 1.29 is 9.53 Å². The molecule has 1 amide bonds. The molecule has 0 aliphatic heterocycles. The molecule has 0 radical (unpaired) electrons. The first kappa shape index (κ1) is 17.0. The molecule has 0 heterocycles. The monoisotopic (exact) mass is 355 g/mol. The van der Waals surface area contributed by atoms with Gasteiger partial charge < -0.3 is 10.1 Å². The Hall–Kier alpha value is -1.36. The Kier molecular flexibility index (Phi) is 6.00. The predicted octanol–water partition coefficient (Wildman–Crippen LogP) is 5.12. The van der Waals surface area contributed by atoms with E-state index in [0.717, 1.165) is 10.6 Å². The van der Waals surface area contributed by atoms with Crippen LogP contribution in [0.4, 0.5) is 5.69 Å². The van der Waals surface area contributed by atoms with Crippen LogP contribution in [0, 0.1) is 0 Å². The van der Waals surface area contributed by atoms with Crippen LogP contribution in [0.15, 0.2) is 47.4 Å². The average Bonchev–Trinajstić information content (AvgIpc) is 2.50. The van der Waals surface area contributed by atoms with Gasteiger partial charge in [0.15, 0.2) is 0 Å².